The van der Waals surface area contributed by atoms with Crippen LogP contribution < -0.4 is 0 Å². The molecular formula is C9H6FNO2S. The van der Waals surface area contributed by atoms with Gasteiger partial charge in [-0.1, -0.05) is 0 Å². The lowest BCUT2D eigenvalue weighted by atomic mass is 10.1. The first-order valence-electron chi connectivity index (χ1n) is 3.61. The first-order valence-corrected chi connectivity index (χ1v) is 4.84. The van der Waals surface area contributed by atoms with Crippen molar-refractivity contribution in [3.05, 3.63) is 29.1 Å². The number of halogens is 1. The van der Waals surface area contributed by atoms with Crippen molar-refractivity contribution in [2.75, 3.05) is 6.26 Å². The average Bonchev–Trinajstić information content (AvgIpc) is 2.16. The standard InChI is InChI=1S/C9H6FNO2S/c1-14-7-3-2-5(9(12)13)8(10)6(7)4-11/h2-3H,1H3,(H,12,13). The smallest absolute Gasteiger partial charge is 0.338 e. The van der Waals surface area contributed by atoms with E-state index < -0.39 is 17.3 Å². The molecule has 0 amide bonds. The van der Waals surface area contributed by atoms with Gasteiger partial charge in [-0.2, -0.15) is 5.26 Å². The molecule has 0 fully saturated rings. The Labute approximate surface area is 84.2 Å². The second kappa shape index (κ2) is 4.11. The summed E-state index contributed by atoms with van der Waals surface area (Å²) in [7, 11) is 0. The van der Waals surface area contributed by atoms with E-state index in [0.29, 0.717) is 4.90 Å². The van der Waals surface area contributed by atoms with E-state index in [1.165, 1.54) is 17.8 Å². The van der Waals surface area contributed by atoms with Gasteiger partial charge in [0, 0.05) is 4.90 Å². The van der Waals surface area contributed by atoms with E-state index in [2.05, 4.69) is 0 Å². The van der Waals surface area contributed by atoms with Gasteiger partial charge in [-0.25, -0.2) is 9.18 Å². The molecule has 0 saturated heterocycles. The van der Waals surface area contributed by atoms with Gasteiger partial charge in [-0.3, -0.25) is 0 Å². The highest BCUT2D eigenvalue weighted by atomic mass is 32.2. The molecule has 0 aliphatic carbocycles. The van der Waals surface area contributed by atoms with E-state index in [1.54, 1.807) is 12.3 Å². The SMILES string of the molecule is CSc1ccc(C(=O)O)c(F)c1C#N. The molecule has 5 heteroatoms. The Kier molecular flexibility index (Phi) is 3.10. The van der Waals surface area contributed by atoms with Crippen molar-refractivity contribution in [2.24, 2.45) is 0 Å². The number of carbonyl (C=O) groups is 1. The molecule has 0 spiro atoms. The number of hydrogen-bond acceptors (Lipinski definition) is 3. The minimum Gasteiger partial charge on any atom is -0.478 e. The van der Waals surface area contributed by atoms with Crippen LogP contribution in [0.25, 0.3) is 0 Å². The van der Waals surface area contributed by atoms with Gasteiger partial charge >= 0.3 is 5.97 Å². The van der Waals surface area contributed by atoms with Gasteiger partial charge in [-0.05, 0) is 18.4 Å². The van der Waals surface area contributed by atoms with Crippen molar-refractivity contribution < 1.29 is 14.3 Å². The molecule has 0 atom stereocenters. The van der Waals surface area contributed by atoms with Gasteiger partial charge < -0.3 is 5.11 Å². The van der Waals surface area contributed by atoms with Crippen molar-refractivity contribution in [2.45, 2.75) is 4.90 Å². The van der Waals surface area contributed by atoms with Gasteiger partial charge in [0.15, 0.2) is 5.82 Å². The molecule has 3 nitrogen and oxygen atoms in total. The Morgan fingerprint density at radius 3 is 2.71 bits per heavy atom. The summed E-state index contributed by atoms with van der Waals surface area (Å²) >= 11 is 1.20. The number of carboxylic acids is 1. The van der Waals surface area contributed by atoms with E-state index in [9.17, 15) is 9.18 Å². The zero-order chi connectivity index (χ0) is 10.7. The maximum absolute atomic E-state index is 13.4. The van der Waals surface area contributed by atoms with Crippen LogP contribution in [0.3, 0.4) is 0 Å². The van der Waals surface area contributed by atoms with Crippen LogP contribution in [0.2, 0.25) is 0 Å². The first kappa shape index (κ1) is 10.5. The summed E-state index contributed by atoms with van der Waals surface area (Å²) in [6.45, 7) is 0. The monoisotopic (exact) mass is 211 g/mol. The van der Waals surface area contributed by atoms with E-state index in [-0.39, 0.29) is 5.56 Å². The normalized spacial score (nSPS) is 9.50. The molecule has 1 N–H and O–H groups in total. The van der Waals surface area contributed by atoms with Crippen LogP contribution in [-0.4, -0.2) is 17.3 Å². The first-order chi connectivity index (χ1) is 6.61. The maximum atomic E-state index is 13.4. The molecule has 1 rings (SSSR count). The van der Waals surface area contributed by atoms with E-state index in [4.69, 9.17) is 10.4 Å². The second-order valence-corrected chi connectivity index (χ2v) is 3.27. The maximum Gasteiger partial charge on any atom is 0.338 e. The fraction of sp³-hybridized carbons (Fsp3) is 0.111. The van der Waals surface area contributed by atoms with Crippen LogP contribution >= 0.6 is 11.8 Å². The molecule has 0 saturated carbocycles. The lowest BCUT2D eigenvalue weighted by molar-refractivity contribution is 0.0691. The number of aromatic carboxylic acids is 1. The number of benzene rings is 1. The van der Waals surface area contributed by atoms with Gasteiger partial charge in [0.05, 0.1) is 5.56 Å². The number of nitriles is 1. The van der Waals surface area contributed by atoms with Gasteiger partial charge in [0.2, 0.25) is 0 Å². The summed E-state index contributed by atoms with van der Waals surface area (Å²) in [6.07, 6.45) is 1.69. The van der Waals surface area contributed by atoms with Crippen molar-refractivity contribution in [1.82, 2.24) is 0 Å². The van der Waals surface area contributed by atoms with Crippen LogP contribution in [0.1, 0.15) is 15.9 Å². The number of hydrogen-bond donors (Lipinski definition) is 1. The highest BCUT2D eigenvalue weighted by Crippen LogP contribution is 2.24. The summed E-state index contributed by atoms with van der Waals surface area (Å²) in [5.74, 6) is -2.33. The lowest BCUT2D eigenvalue weighted by Crippen LogP contribution is -2.03. The zero-order valence-corrected chi connectivity index (χ0v) is 8.06. The Morgan fingerprint density at radius 1 is 1.64 bits per heavy atom. The molecule has 72 valence electrons. The van der Waals surface area contributed by atoms with Gasteiger partial charge in [-0.15, -0.1) is 11.8 Å². The topological polar surface area (TPSA) is 61.1 Å². The molecule has 0 aromatic heterocycles. The molecule has 14 heavy (non-hydrogen) atoms. The average molecular weight is 211 g/mol. The van der Waals surface area contributed by atoms with Crippen molar-refractivity contribution in [3.8, 4) is 6.07 Å². The molecule has 0 radical (unpaired) electrons. The van der Waals surface area contributed by atoms with Crippen LogP contribution in [0.15, 0.2) is 17.0 Å². The Bertz CT molecular complexity index is 426. The summed E-state index contributed by atoms with van der Waals surface area (Å²) in [5.41, 5.74) is -0.684. The number of rotatable bonds is 2. The van der Waals surface area contributed by atoms with Crippen LogP contribution in [0, 0.1) is 17.1 Å². The fourth-order valence-electron chi connectivity index (χ4n) is 0.998. The lowest BCUT2D eigenvalue weighted by Gasteiger charge is -2.03. The Morgan fingerprint density at radius 2 is 2.29 bits per heavy atom. The van der Waals surface area contributed by atoms with Gasteiger partial charge in [0.25, 0.3) is 0 Å². The number of nitrogens with zero attached hydrogens (tertiary/aromatic N) is 1. The molecule has 0 bridgehead atoms. The predicted octanol–water partition coefficient (Wildman–Crippen LogP) is 2.12. The van der Waals surface area contributed by atoms with Crippen molar-refractivity contribution in [1.29, 1.82) is 5.26 Å². The van der Waals surface area contributed by atoms with Crippen molar-refractivity contribution in [3.63, 3.8) is 0 Å². The summed E-state index contributed by atoms with van der Waals surface area (Å²) < 4.78 is 13.4. The minimum absolute atomic E-state index is 0.211. The largest absolute Gasteiger partial charge is 0.478 e. The van der Waals surface area contributed by atoms with E-state index >= 15 is 0 Å². The third-order valence-corrected chi connectivity index (χ3v) is 2.45. The van der Waals surface area contributed by atoms with Gasteiger partial charge in [0.1, 0.15) is 11.6 Å². The molecule has 0 aliphatic rings. The second-order valence-electron chi connectivity index (χ2n) is 2.42. The quantitative estimate of drug-likeness (QED) is 0.761. The summed E-state index contributed by atoms with van der Waals surface area (Å²) in [5, 5.41) is 17.2. The molecule has 1 aromatic rings. The molecule has 0 unspecified atom stereocenters. The number of thioether (sulfide) groups is 1. The fourth-order valence-corrected chi connectivity index (χ4v) is 1.54. The molecule has 0 aliphatic heterocycles. The summed E-state index contributed by atoms with van der Waals surface area (Å²) in [6, 6.07) is 4.23. The molecule has 1 aromatic carbocycles. The van der Waals surface area contributed by atoms with Crippen LogP contribution in [0.5, 0.6) is 0 Å². The molecule has 0 heterocycles. The predicted molar refractivity (Wildman–Crippen MR) is 49.9 cm³/mol. The Balaban J connectivity index is 3.44. The number of carboxylic acid groups (broad SMARTS) is 1. The van der Waals surface area contributed by atoms with E-state index in [1.807, 2.05) is 0 Å². The van der Waals surface area contributed by atoms with Crippen LogP contribution in [-0.2, 0) is 0 Å². The van der Waals surface area contributed by atoms with Crippen molar-refractivity contribution >= 4 is 17.7 Å². The third kappa shape index (κ3) is 1.70. The highest BCUT2D eigenvalue weighted by Gasteiger charge is 2.16. The van der Waals surface area contributed by atoms with E-state index in [0.717, 1.165) is 6.07 Å². The minimum atomic E-state index is -1.37. The Hall–Kier alpha value is -1.54. The molecular weight excluding hydrogens is 205 g/mol. The third-order valence-electron chi connectivity index (χ3n) is 1.67. The summed E-state index contributed by atoms with van der Waals surface area (Å²) in [4.78, 5) is 11.0. The zero-order valence-electron chi connectivity index (χ0n) is 7.24. The highest BCUT2D eigenvalue weighted by molar-refractivity contribution is 7.98. The van der Waals surface area contributed by atoms with Crippen LogP contribution in [0.4, 0.5) is 4.39 Å².